The highest BCUT2D eigenvalue weighted by Gasteiger charge is 2.42. The summed E-state index contributed by atoms with van der Waals surface area (Å²) in [6.07, 6.45) is 0. The molecule has 0 saturated heterocycles. The summed E-state index contributed by atoms with van der Waals surface area (Å²) in [6.45, 7) is 0. The van der Waals surface area contributed by atoms with E-state index in [0.717, 1.165) is 38.9 Å². The Hall–Kier alpha value is -1.51. The van der Waals surface area contributed by atoms with Gasteiger partial charge in [0.25, 0.3) is 0 Å². The number of hydrogen-bond donors (Lipinski definition) is 0. The molecule has 2 heterocycles. The summed E-state index contributed by atoms with van der Waals surface area (Å²) < 4.78 is 12.2. The van der Waals surface area contributed by atoms with Crippen LogP contribution < -0.4 is 25.4 Å². The predicted molar refractivity (Wildman–Crippen MR) is 103 cm³/mol. The quantitative estimate of drug-likeness (QED) is 0.348. The minimum Gasteiger partial charge on any atom is -0.456 e. The van der Waals surface area contributed by atoms with E-state index in [1.807, 2.05) is 54.6 Å². The van der Waals surface area contributed by atoms with Crippen LogP contribution in [0.15, 0.2) is 54.6 Å². The van der Waals surface area contributed by atoms with Gasteiger partial charge in [-0.2, -0.15) is 0 Å². The van der Waals surface area contributed by atoms with Crippen molar-refractivity contribution in [2.75, 3.05) is 0 Å². The zero-order valence-electron chi connectivity index (χ0n) is 12.1. The Kier molecular flexibility index (Phi) is 3.08. The van der Waals surface area contributed by atoms with Crippen LogP contribution >= 0.6 is 29.2 Å². The van der Waals surface area contributed by atoms with E-state index in [0.29, 0.717) is 10.0 Å². The van der Waals surface area contributed by atoms with Gasteiger partial charge < -0.3 is 9.47 Å². The molecule has 0 aliphatic carbocycles. The molecule has 118 valence electrons. The first kappa shape index (κ1) is 14.8. The molecule has 3 aromatic rings. The lowest BCUT2D eigenvalue weighted by Crippen LogP contribution is -2.34. The van der Waals surface area contributed by atoms with Crippen molar-refractivity contribution in [3.8, 4) is 23.0 Å². The Bertz CT molecular complexity index is 1000. The molecule has 5 rings (SSSR count). The van der Waals surface area contributed by atoms with Crippen LogP contribution in [0.3, 0.4) is 0 Å². The number of fused-ring (bicyclic) bond motifs is 4. The second-order valence-electron chi connectivity index (χ2n) is 5.64. The molecule has 0 saturated carbocycles. The van der Waals surface area contributed by atoms with E-state index in [1.165, 1.54) is 0 Å². The van der Waals surface area contributed by atoms with Crippen LogP contribution in [0.1, 0.15) is 0 Å². The first-order chi connectivity index (χ1) is 11.6. The zero-order valence-corrected chi connectivity index (χ0v) is 15.3. The summed E-state index contributed by atoms with van der Waals surface area (Å²) in [6, 6.07) is 14.8. The molecule has 0 aromatic heterocycles. The molecule has 6 heteroatoms. The van der Waals surface area contributed by atoms with Crippen molar-refractivity contribution in [1.29, 1.82) is 0 Å². The summed E-state index contributed by atoms with van der Waals surface area (Å²) >= 11 is 18.6. The van der Waals surface area contributed by atoms with Crippen LogP contribution in [-0.4, -0.2) is 0 Å². The normalized spacial score (nSPS) is 15.4. The fraction of sp³-hybridized carbons (Fsp3) is 0. The minimum absolute atomic E-state index is 0.625. The molecule has 0 fully saturated rings. The molecule has 24 heavy (non-hydrogen) atoms. The average Bonchev–Trinajstić information content (AvgIpc) is 2.54. The predicted octanol–water partition coefficient (Wildman–Crippen LogP) is 4.96. The largest absolute Gasteiger partial charge is 0.456 e. The Balaban J connectivity index is 1.93. The van der Waals surface area contributed by atoms with Gasteiger partial charge in [0.15, 0.2) is 0 Å². The number of rotatable bonds is 0. The van der Waals surface area contributed by atoms with E-state index in [4.69, 9.17) is 44.5 Å². The third kappa shape index (κ3) is 1.87. The van der Waals surface area contributed by atoms with E-state index in [1.54, 1.807) is 0 Å². The maximum atomic E-state index is 6.31. The molecule has 2 nitrogen and oxygen atoms in total. The first-order valence-corrected chi connectivity index (χ1v) is 10.8. The Labute approximate surface area is 153 Å². The maximum absolute atomic E-state index is 6.31. The van der Waals surface area contributed by atoms with E-state index in [-0.39, 0.29) is 0 Å². The van der Waals surface area contributed by atoms with Gasteiger partial charge in [-0.05, 0) is 36.4 Å². The fourth-order valence-electron chi connectivity index (χ4n) is 3.24. The molecule has 0 radical (unpaired) electrons. The molecular formula is C18H9Cl2O2PS. The van der Waals surface area contributed by atoms with Crippen LogP contribution in [-0.2, 0) is 11.8 Å². The van der Waals surface area contributed by atoms with Crippen molar-refractivity contribution < 1.29 is 9.47 Å². The van der Waals surface area contributed by atoms with E-state index >= 15 is 0 Å². The van der Waals surface area contributed by atoms with Gasteiger partial charge in [0.05, 0.1) is 11.3 Å². The summed E-state index contributed by atoms with van der Waals surface area (Å²) in [5, 5.41) is 4.20. The van der Waals surface area contributed by atoms with Crippen molar-refractivity contribution in [3.05, 3.63) is 64.6 Å². The second kappa shape index (κ2) is 5.00. The fourth-order valence-corrected chi connectivity index (χ4v) is 8.03. The Morgan fingerprint density at radius 2 is 1.21 bits per heavy atom. The summed E-state index contributed by atoms with van der Waals surface area (Å²) in [4.78, 5) is 0. The topological polar surface area (TPSA) is 18.5 Å². The molecule has 0 amide bonds. The SMILES string of the molecule is S=P12c3ccc(Cl)cc3Oc3cccc(c31)Oc1cc(Cl)ccc12. The van der Waals surface area contributed by atoms with Gasteiger partial charge >= 0.3 is 0 Å². The standard InChI is InChI=1S/C18H9Cl2O2PS/c19-10-4-6-16-14(8-10)21-12-2-1-3-13-18(12)23(16,24)17-7-5-11(20)9-15(17)22-13/h1-9H. The summed E-state index contributed by atoms with van der Waals surface area (Å²) in [5.41, 5.74) is 0. The lowest BCUT2D eigenvalue weighted by atomic mass is 10.2. The molecular weight excluding hydrogens is 382 g/mol. The van der Waals surface area contributed by atoms with Crippen molar-refractivity contribution in [2.45, 2.75) is 0 Å². The Morgan fingerprint density at radius 3 is 1.71 bits per heavy atom. The zero-order chi connectivity index (χ0) is 16.5. The summed E-state index contributed by atoms with van der Waals surface area (Å²) in [7, 11) is 0. The van der Waals surface area contributed by atoms with Crippen molar-refractivity contribution >= 4 is 57.0 Å². The molecule has 0 N–H and O–H groups in total. The van der Waals surface area contributed by atoms with Crippen LogP contribution in [0.5, 0.6) is 23.0 Å². The van der Waals surface area contributed by atoms with E-state index in [2.05, 4.69) is 0 Å². The van der Waals surface area contributed by atoms with Gasteiger partial charge in [-0.3, -0.25) is 0 Å². The lowest BCUT2D eigenvalue weighted by Gasteiger charge is -2.37. The third-order valence-electron chi connectivity index (χ3n) is 4.24. The van der Waals surface area contributed by atoms with Crippen molar-refractivity contribution in [1.82, 2.24) is 0 Å². The minimum atomic E-state index is -2.29. The monoisotopic (exact) mass is 390 g/mol. The van der Waals surface area contributed by atoms with Crippen LogP contribution in [0.2, 0.25) is 10.0 Å². The number of benzene rings is 3. The third-order valence-corrected chi connectivity index (χ3v) is 9.60. The van der Waals surface area contributed by atoms with Crippen LogP contribution in [0.25, 0.3) is 0 Å². The van der Waals surface area contributed by atoms with Gasteiger partial charge in [0, 0.05) is 32.8 Å². The summed E-state index contributed by atoms with van der Waals surface area (Å²) in [5.74, 6) is 2.92. The first-order valence-electron chi connectivity index (χ1n) is 7.27. The van der Waals surface area contributed by atoms with Gasteiger partial charge in [0.1, 0.15) is 23.0 Å². The number of hydrogen-bond acceptors (Lipinski definition) is 3. The molecule has 3 aromatic carbocycles. The van der Waals surface area contributed by atoms with E-state index in [9.17, 15) is 0 Å². The number of halogens is 2. The Morgan fingerprint density at radius 1 is 0.708 bits per heavy atom. The van der Waals surface area contributed by atoms with Gasteiger partial charge in [-0.1, -0.05) is 41.1 Å². The van der Waals surface area contributed by atoms with Crippen LogP contribution in [0.4, 0.5) is 0 Å². The van der Waals surface area contributed by atoms with Crippen molar-refractivity contribution in [3.63, 3.8) is 0 Å². The van der Waals surface area contributed by atoms with Gasteiger partial charge in [0.2, 0.25) is 0 Å². The van der Waals surface area contributed by atoms with Gasteiger partial charge in [-0.15, -0.1) is 0 Å². The second-order valence-corrected chi connectivity index (χ2v) is 10.8. The highest BCUT2D eigenvalue weighted by atomic mass is 35.5. The van der Waals surface area contributed by atoms with E-state index < -0.39 is 6.04 Å². The highest BCUT2D eigenvalue weighted by molar-refractivity contribution is 8.26. The molecule has 0 atom stereocenters. The molecule has 2 aliphatic heterocycles. The van der Waals surface area contributed by atoms with Gasteiger partial charge in [-0.25, -0.2) is 0 Å². The molecule has 0 spiro atoms. The number of ether oxygens (including phenoxy) is 2. The molecule has 0 unspecified atom stereocenters. The highest BCUT2D eigenvalue weighted by Crippen LogP contribution is 2.58. The maximum Gasteiger partial charge on any atom is 0.140 e. The molecule has 2 aliphatic rings. The smallest absolute Gasteiger partial charge is 0.140 e. The van der Waals surface area contributed by atoms with Crippen molar-refractivity contribution in [2.24, 2.45) is 0 Å². The van der Waals surface area contributed by atoms with Crippen LogP contribution in [0, 0.1) is 0 Å². The molecule has 0 bridgehead atoms. The lowest BCUT2D eigenvalue weighted by molar-refractivity contribution is 0.466. The average molecular weight is 391 g/mol.